The van der Waals surface area contributed by atoms with Crippen LogP contribution < -0.4 is 5.32 Å². The van der Waals surface area contributed by atoms with Gasteiger partial charge in [0.15, 0.2) is 0 Å². The molecule has 0 unspecified atom stereocenters. The normalized spacial score (nSPS) is 12.2. The van der Waals surface area contributed by atoms with Crippen LogP contribution in [0, 0.1) is 0 Å². The van der Waals surface area contributed by atoms with Gasteiger partial charge < -0.3 is 5.32 Å². The molecule has 0 aromatic rings. The fraction of sp³-hybridized carbons (Fsp3) is 0.571. The maximum Gasteiger partial charge on any atom is 0.221 e. The first kappa shape index (κ1) is 9.56. The van der Waals surface area contributed by atoms with Crippen molar-refractivity contribution in [2.75, 3.05) is 5.75 Å². The standard InChI is InChI=1S/C7H13NOS/c1-3-6(2)8-7(9)4-5-10/h3,6,10H,1,4-5H2,2H3,(H,8,9)/t6-/m0/s1. The van der Waals surface area contributed by atoms with Crippen LogP contribution in [0.3, 0.4) is 0 Å². The summed E-state index contributed by atoms with van der Waals surface area (Å²) in [6, 6.07) is 0.0624. The fourth-order valence-corrected chi connectivity index (χ4v) is 0.690. The summed E-state index contributed by atoms with van der Waals surface area (Å²) in [6.45, 7) is 5.42. The van der Waals surface area contributed by atoms with Crippen LogP contribution >= 0.6 is 12.6 Å². The van der Waals surface area contributed by atoms with Crippen LogP contribution in [0.4, 0.5) is 0 Å². The SMILES string of the molecule is C=C[C@H](C)NC(=O)CCS. The predicted molar refractivity (Wildman–Crippen MR) is 46.3 cm³/mol. The van der Waals surface area contributed by atoms with E-state index in [1.165, 1.54) is 0 Å². The molecular formula is C7H13NOS. The second-order valence-corrected chi connectivity index (χ2v) is 2.51. The molecular weight excluding hydrogens is 146 g/mol. The minimum absolute atomic E-state index is 0.0300. The van der Waals surface area contributed by atoms with Crippen molar-refractivity contribution in [3.05, 3.63) is 12.7 Å². The molecule has 10 heavy (non-hydrogen) atoms. The Kier molecular flexibility index (Phi) is 5.12. The van der Waals surface area contributed by atoms with Crippen molar-refractivity contribution in [3.8, 4) is 0 Å². The molecule has 0 bridgehead atoms. The van der Waals surface area contributed by atoms with Crippen LogP contribution in [-0.2, 0) is 4.79 Å². The smallest absolute Gasteiger partial charge is 0.221 e. The van der Waals surface area contributed by atoms with Gasteiger partial charge >= 0.3 is 0 Å². The third-order valence-electron chi connectivity index (χ3n) is 1.08. The first-order valence-corrected chi connectivity index (χ1v) is 3.86. The average molecular weight is 159 g/mol. The number of nitrogens with one attached hydrogen (secondary N) is 1. The molecule has 1 N–H and O–H groups in total. The molecule has 0 fully saturated rings. The maximum absolute atomic E-state index is 10.8. The lowest BCUT2D eigenvalue weighted by atomic mass is 10.3. The second kappa shape index (κ2) is 5.35. The van der Waals surface area contributed by atoms with Crippen LogP contribution in [0.2, 0.25) is 0 Å². The van der Waals surface area contributed by atoms with Crippen molar-refractivity contribution >= 4 is 18.5 Å². The van der Waals surface area contributed by atoms with Crippen molar-refractivity contribution in [1.29, 1.82) is 0 Å². The van der Waals surface area contributed by atoms with Crippen LogP contribution in [0.25, 0.3) is 0 Å². The predicted octanol–water partition coefficient (Wildman–Crippen LogP) is 0.997. The number of rotatable bonds is 4. The van der Waals surface area contributed by atoms with E-state index in [1.54, 1.807) is 6.08 Å². The molecule has 2 nitrogen and oxygen atoms in total. The van der Waals surface area contributed by atoms with Crippen molar-refractivity contribution < 1.29 is 4.79 Å². The van der Waals surface area contributed by atoms with Gasteiger partial charge in [-0.2, -0.15) is 12.6 Å². The number of thiol groups is 1. The molecule has 58 valence electrons. The number of hydrogen-bond acceptors (Lipinski definition) is 2. The van der Waals surface area contributed by atoms with Gasteiger partial charge in [0.1, 0.15) is 0 Å². The van der Waals surface area contributed by atoms with E-state index in [9.17, 15) is 4.79 Å². The maximum atomic E-state index is 10.8. The van der Waals surface area contributed by atoms with Gasteiger partial charge in [0.2, 0.25) is 5.91 Å². The molecule has 0 aromatic carbocycles. The summed E-state index contributed by atoms with van der Waals surface area (Å²) in [6.07, 6.45) is 2.16. The van der Waals surface area contributed by atoms with Crippen LogP contribution in [0.1, 0.15) is 13.3 Å². The van der Waals surface area contributed by atoms with Crippen molar-refractivity contribution in [2.24, 2.45) is 0 Å². The molecule has 0 rings (SSSR count). The van der Waals surface area contributed by atoms with E-state index >= 15 is 0 Å². The van der Waals surface area contributed by atoms with E-state index in [1.807, 2.05) is 6.92 Å². The molecule has 0 aliphatic heterocycles. The van der Waals surface area contributed by atoms with Gasteiger partial charge in [-0.25, -0.2) is 0 Å². The summed E-state index contributed by atoms with van der Waals surface area (Å²) in [7, 11) is 0. The Labute approximate surface area is 67.1 Å². The topological polar surface area (TPSA) is 29.1 Å². The van der Waals surface area contributed by atoms with E-state index < -0.39 is 0 Å². The van der Waals surface area contributed by atoms with Gasteiger partial charge in [-0.1, -0.05) is 6.08 Å². The van der Waals surface area contributed by atoms with Gasteiger partial charge in [-0.3, -0.25) is 4.79 Å². The van der Waals surface area contributed by atoms with Crippen LogP contribution in [0.15, 0.2) is 12.7 Å². The summed E-state index contributed by atoms with van der Waals surface area (Å²) >= 11 is 3.92. The van der Waals surface area contributed by atoms with Gasteiger partial charge in [-0.05, 0) is 12.7 Å². The number of hydrogen-bond donors (Lipinski definition) is 2. The quantitative estimate of drug-likeness (QED) is 0.465. The fourth-order valence-electron chi connectivity index (χ4n) is 0.487. The van der Waals surface area contributed by atoms with Crippen molar-refractivity contribution in [3.63, 3.8) is 0 Å². The third-order valence-corrected chi connectivity index (χ3v) is 1.30. The molecule has 0 spiro atoms. The molecule has 0 aliphatic carbocycles. The zero-order valence-electron chi connectivity index (χ0n) is 6.13. The Morgan fingerprint density at radius 2 is 2.50 bits per heavy atom. The van der Waals surface area contributed by atoms with E-state index in [4.69, 9.17) is 0 Å². The lowest BCUT2D eigenvalue weighted by Gasteiger charge is -2.07. The second-order valence-electron chi connectivity index (χ2n) is 2.07. The monoisotopic (exact) mass is 159 g/mol. The van der Waals surface area contributed by atoms with E-state index in [2.05, 4.69) is 24.5 Å². The Morgan fingerprint density at radius 3 is 2.90 bits per heavy atom. The van der Waals surface area contributed by atoms with Gasteiger partial charge in [0.25, 0.3) is 0 Å². The molecule has 0 heterocycles. The van der Waals surface area contributed by atoms with Gasteiger partial charge in [0, 0.05) is 12.5 Å². The molecule has 0 saturated heterocycles. The molecule has 0 saturated carbocycles. The highest BCUT2D eigenvalue weighted by Gasteiger charge is 2.00. The molecule has 1 amide bonds. The summed E-state index contributed by atoms with van der Waals surface area (Å²) in [4.78, 5) is 10.8. The number of carbonyl (C=O) groups is 1. The molecule has 0 radical (unpaired) electrons. The Morgan fingerprint density at radius 1 is 1.90 bits per heavy atom. The van der Waals surface area contributed by atoms with Crippen LogP contribution in [-0.4, -0.2) is 17.7 Å². The minimum Gasteiger partial charge on any atom is -0.350 e. The summed E-state index contributed by atoms with van der Waals surface area (Å²) < 4.78 is 0. The van der Waals surface area contributed by atoms with E-state index in [-0.39, 0.29) is 11.9 Å². The largest absolute Gasteiger partial charge is 0.350 e. The van der Waals surface area contributed by atoms with Crippen molar-refractivity contribution in [2.45, 2.75) is 19.4 Å². The van der Waals surface area contributed by atoms with E-state index in [0.29, 0.717) is 12.2 Å². The minimum atomic E-state index is 0.0300. The molecule has 3 heteroatoms. The first-order valence-electron chi connectivity index (χ1n) is 3.23. The van der Waals surface area contributed by atoms with Crippen LogP contribution in [0.5, 0.6) is 0 Å². The average Bonchev–Trinajstić information content (AvgIpc) is 1.88. The Bertz CT molecular complexity index is 125. The van der Waals surface area contributed by atoms with Gasteiger partial charge in [-0.15, -0.1) is 6.58 Å². The lowest BCUT2D eigenvalue weighted by Crippen LogP contribution is -2.30. The summed E-state index contributed by atoms with van der Waals surface area (Å²) in [5.41, 5.74) is 0. The number of carbonyl (C=O) groups excluding carboxylic acids is 1. The van der Waals surface area contributed by atoms with Gasteiger partial charge in [0.05, 0.1) is 0 Å². The number of amides is 1. The molecule has 0 aromatic heterocycles. The zero-order valence-corrected chi connectivity index (χ0v) is 7.03. The summed E-state index contributed by atoms with van der Waals surface area (Å²) in [5, 5.41) is 2.72. The highest BCUT2D eigenvalue weighted by molar-refractivity contribution is 7.80. The van der Waals surface area contributed by atoms with E-state index in [0.717, 1.165) is 0 Å². The highest BCUT2D eigenvalue weighted by Crippen LogP contribution is 1.86. The zero-order chi connectivity index (χ0) is 7.98. The Hall–Kier alpha value is -0.440. The first-order chi connectivity index (χ1) is 4.70. The Balaban J connectivity index is 3.46. The van der Waals surface area contributed by atoms with Crippen molar-refractivity contribution in [1.82, 2.24) is 5.32 Å². The highest BCUT2D eigenvalue weighted by atomic mass is 32.1. The lowest BCUT2D eigenvalue weighted by molar-refractivity contribution is -0.120. The third kappa shape index (κ3) is 4.44. The molecule has 1 atom stereocenters. The molecule has 0 aliphatic rings. The summed E-state index contributed by atoms with van der Waals surface area (Å²) in [5.74, 6) is 0.623.